The Kier molecular flexibility index (Phi) is 4.60. The molecule has 1 atom stereocenters. The van der Waals surface area contributed by atoms with E-state index in [-0.39, 0.29) is 17.7 Å². The topological polar surface area (TPSA) is 68.3 Å². The fourth-order valence-corrected chi connectivity index (χ4v) is 3.08. The Balaban J connectivity index is 1.98. The number of hydrogen-bond donors (Lipinski definition) is 1. The van der Waals surface area contributed by atoms with Crippen molar-refractivity contribution in [3.8, 4) is 5.75 Å². The highest BCUT2D eigenvalue weighted by atomic mass is 16.5. The van der Waals surface area contributed by atoms with Gasteiger partial charge in [0.2, 0.25) is 5.91 Å². The third-order valence-corrected chi connectivity index (χ3v) is 4.26. The Labute approximate surface area is 140 Å². The SMILES string of the molecule is COc1ccc2nccc(/C=C3/CC(NC(C)=O)CCC3=O)c2c1. The zero-order valence-electron chi connectivity index (χ0n) is 13.8. The van der Waals surface area contributed by atoms with Gasteiger partial charge in [-0.2, -0.15) is 0 Å². The first kappa shape index (κ1) is 16.2. The second-order valence-electron chi connectivity index (χ2n) is 6.02. The number of carbonyl (C=O) groups is 2. The van der Waals surface area contributed by atoms with Crippen molar-refractivity contribution in [2.45, 2.75) is 32.2 Å². The standard InChI is InChI=1S/C19H20N2O3/c1-12(22)21-15-3-6-19(23)14(10-15)9-13-7-8-20-18-5-4-16(24-2)11-17(13)18/h4-5,7-9,11,15H,3,6,10H2,1-2H3,(H,21,22)/b14-9-. The van der Waals surface area contributed by atoms with Crippen molar-refractivity contribution in [3.05, 3.63) is 41.6 Å². The molecule has 0 spiro atoms. The minimum atomic E-state index is -0.0622. The molecule has 1 amide bonds. The molecule has 5 nitrogen and oxygen atoms in total. The van der Waals surface area contributed by atoms with Gasteiger partial charge in [0.1, 0.15) is 5.75 Å². The molecule has 1 heterocycles. The van der Waals surface area contributed by atoms with Crippen LogP contribution in [0.5, 0.6) is 5.75 Å². The fraction of sp³-hybridized carbons (Fsp3) is 0.316. The number of pyridine rings is 1. The minimum Gasteiger partial charge on any atom is -0.497 e. The van der Waals surface area contributed by atoms with Crippen LogP contribution in [-0.4, -0.2) is 29.8 Å². The number of hydrogen-bond acceptors (Lipinski definition) is 4. The summed E-state index contributed by atoms with van der Waals surface area (Å²) in [6.45, 7) is 1.50. The maximum Gasteiger partial charge on any atom is 0.217 e. The number of fused-ring (bicyclic) bond motifs is 1. The molecule has 124 valence electrons. The predicted octanol–water partition coefficient (Wildman–Crippen LogP) is 2.88. The minimum absolute atomic E-state index is 0.0223. The number of ketones is 1. The van der Waals surface area contributed by atoms with Gasteiger partial charge in [0.15, 0.2) is 5.78 Å². The molecule has 1 unspecified atom stereocenters. The molecule has 0 bridgehead atoms. The molecule has 1 aliphatic rings. The number of carbonyl (C=O) groups excluding carboxylic acids is 2. The van der Waals surface area contributed by atoms with E-state index in [0.29, 0.717) is 19.3 Å². The largest absolute Gasteiger partial charge is 0.497 e. The highest BCUT2D eigenvalue weighted by Crippen LogP contribution is 2.27. The molecule has 0 radical (unpaired) electrons. The van der Waals surface area contributed by atoms with E-state index < -0.39 is 0 Å². The van der Waals surface area contributed by atoms with Crippen molar-refractivity contribution < 1.29 is 14.3 Å². The molecule has 1 aromatic heterocycles. The van der Waals surface area contributed by atoms with Crippen molar-refractivity contribution in [2.75, 3.05) is 7.11 Å². The Bertz CT molecular complexity index is 826. The third-order valence-electron chi connectivity index (χ3n) is 4.26. The van der Waals surface area contributed by atoms with E-state index in [1.165, 1.54) is 6.92 Å². The molecular weight excluding hydrogens is 304 g/mol. The van der Waals surface area contributed by atoms with Gasteiger partial charge in [0.25, 0.3) is 0 Å². The zero-order chi connectivity index (χ0) is 17.1. The third kappa shape index (κ3) is 3.45. The number of ether oxygens (including phenoxy) is 1. The maximum atomic E-state index is 12.3. The molecule has 0 saturated heterocycles. The number of benzene rings is 1. The van der Waals surface area contributed by atoms with Crippen molar-refractivity contribution >= 4 is 28.7 Å². The Morgan fingerprint density at radius 3 is 2.96 bits per heavy atom. The zero-order valence-corrected chi connectivity index (χ0v) is 13.8. The van der Waals surface area contributed by atoms with Gasteiger partial charge in [0, 0.05) is 31.0 Å². The summed E-state index contributed by atoms with van der Waals surface area (Å²) in [5.74, 6) is 0.832. The highest BCUT2D eigenvalue weighted by molar-refractivity contribution is 6.02. The van der Waals surface area contributed by atoms with Crippen molar-refractivity contribution in [2.24, 2.45) is 0 Å². The van der Waals surface area contributed by atoms with E-state index in [9.17, 15) is 9.59 Å². The van der Waals surface area contributed by atoms with Gasteiger partial charge in [-0.25, -0.2) is 0 Å². The Morgan fingerprint density at radius 1 is 1.38 bits per heavy atom. The molecule has 0 aliphatic heterocycles. The van der Waals surface area contributed by atoms with Gasteiger partial charge < -0.3 is 10.1 Å². The van der Waals surface area contributed by atoms with E-state index in [2.05, 4.69) is 10.3 Å². The van der Waals surface area contributed by atoms with Crippen LogP contribution in [0, 0.1) is 0 Å². The van der Waals surface area contributed by atoms with E-state index in [0.717, 1.165) is 27.8 Å². The average molecular weight is 324 g/mol. The first-order chi connectivity index (χ1) is 11.6. The van der Waals surface area contributed by atoms with Crippen LogP contribution in [0.15, 0.2) is 36.0 Å². The number of rotatable bonds is 3. The second kappa shape index (κ2) is 6.83. The molecule has 1 N–H and O–H groups in total. The number of nitrogens with zero attached hydrogens (tertiary/aromatic N) is 1. The van der Waals surface area contributed by atoms with Crippen molar-refractivity contribution in [1.82, 2.24) is 10.3 Å². The smallest absolute Gasteiger partial charge is 0.217 e. The summed E-state index contributed by atoms with van der Waals surface area (Å²) in [5.41, 5.74) is 2.54. The van der Waals surface area contributed by atoms with E-state index in [1.54, 1.807) is 13.3 Å². The van der Waals surface area contributed by atoms with E-state index in [4.69, 9.17) is 4.74 Å². The summed E-state index contributed by atoms with van der Waals surface area (Å²) < 4.78 is 5.29. The van der Waals surface area contributed by atoms with Gasteiger partial charge in [-0.15, -0.1) is 0 Å². The molecule has 24 heavy (non-hydrogen) atoms. The second-order valence-corrected chi connectivity index (χ2v) is 6.02. The number of nitrogens with one attached hydrogen (secondary N) is 1. The highest BCUT2D eigenvalue weighted by Gasteiger charge is 2.24. The van der Waals surface area contributed by atoms with Gasteiger partial charge in [-0.3, -0.25) is 14.6 Å². The van der Waals surface area contributed by atoms with Gasteiger partial charge in [-0.1, -0.05) is 0 Å². The van der Waals surface area contributed by atoms with Crippen LogP contribution in [0.3, 0.4) is 0 Å². The Hall–Kier alpha value is -2.69. The summed E-state index contributed by atoms with van der Waals surface area (Å²) in [7, 11) is 1.62. The summed E-state index contributed by atoms with van der Waals surface area (Å²) in [6.07, 6.45) is 5.37. The molecule has 2 aromatic rings. The lowest BCUT2D eigenvalue weighted by molar-refractivity contribution is -0.121. The lowest BCUT2D eigenvalue weighted by Crippen LogP contribution is -2.37. The van der Waals surface area contributed by atoms with Crippen molar-refractivity contribution in [1.29, 1.82) is 0 Å². The number of Topliss-reactive ketones (excluding diaryl/α,β-unsaturated/α-hetero) is 1. The van der Waals surface area contributed by atoms with Crippen LogP contribution in [0.2, 0.25) is 0 Å². The molecule has 1 saturated carbocycles. The summed E-state index contributed by atoms with van der Waals surface area (Å²) in [5, 5.41) is 3.85. The van der Waals surface area contributed by atoms with E-state index in [1.807, 2.05) is 30.3 Å². The van der Waals surface area contributed by atoms with E-state index >= 15 is 0 Å². The number of amides is 1. The maximum absolute atomic E-state index is 12.3. The normalized spacial score (nSPS) is 19.5. The van der Waals surface area contributed by atoms with Gasteiger partial charge in [0.05, 0.1) is 12.6 Å². The molecule has 1 aromatic carbocycles. The first-order valence-corrected chi connectivity index (χ1v) is 8.00. The number of methoxy groups -OCH3 is 1. The number of aromatic nitrogens is 1. The van der Waals surface area contributed by atoms with Crippen LogP contribution < -0.4 is 10.1 Å². The summed E-state index contributed by atoms with van der Waals surface area (Å²) in [6, 6.07) is 7.61. The van der Waals surface area contributed by atoms with Crippen LogP contribution in [0.1, 0.15) is 31.7 Å². The van der Waals surface area contributed by atoms with Crippen molar-refractivity contribution in [3.63, 3.8) is 0 Å². The lowest BCUT2D eigenvalue weighted by atomic mass is 9.88. The predicted molar refractivity (Wildman–Crippen MR) is 92.7 cm³/mol. The molecule has 1 aliphatic carbocycles. The molecule has 1 fully saturated rings. The fourth-order valence-electron chi connectivity index (χ4n) is 3.08. The van der Waals surface area contributed by atoms with Crippen LogP contribution in [0.25, 0.3) is 17.0 Å². The summed E-state index contributed by atoms with van der Waals surface area (Å²) >= 11 is 0. The van der Waals surface area contributed by atoms with Gasteiger partial charge in [-0.05, 0) is 54.3 Å². The quantitative estimate of drug-likeness (QED) is 0.882. The lowest BCUT2D eigenvalue weighted by Gasteiger charge is -2.24. The summed E-state index contributed by atoms with van der Waals surface area (Å²) in [4.78, 5) is 27.9. The average Bonchev–Trinajstić information content (AvgIpc) is 2.57. The monoisotopic (exact) mass is 324 g/mol. The molecule has 3 rings (SSSR count). The van der Waals surface area contributed by atoms with Crippen LogP contribution in [-0.2, 0) is 9.59 Å². The first-order valence-electron chi connectivity index (χ1n) is 8.00. The molecule has 5 heteroatoms. The van der Waals surface area contributed by atoms with Gasteiger partial charge >= 0.3 is 0 Å². The molecular formula is C19H20N2O3. The van der Waals surface area contributed by atoms with Crippen LogP contribution >= 0.6 is 0 Å². The Morgan fingerprint density at radius 2 is 2.21 bits per heavy atom. The van der Waals surface area contributed by atoms with Crippen LogP contribution in [0.4, 0.5) is 0 Å².